The SMILES string of the molecule is O=C(Nc1cccc(CCCO)c1)c1cc(F)cc(F)c1. The van der Waals surface area contributed by atoms with Crippen molar-refractivity contribution >= 4 is 11.6 Å². The summed E-state index contributed by atoms with van der Waals surface area (Å²) in [6, 6.07) is 9.79. The molecule has 0 saturated heterocycles. The number of aryl methyl sites for hydroxylation is 1. The summed E-state index contributed by atoms with van der Waals surface area (Å²) in [5.74, 6) is -2.17. The van der Waals surface area contributed by atoms with Gasteiger partial charge in [0.15, 0.2) is 0 Å². The molecule has 21 heavy (non-hydrogen) atoms. The van der Waals surface area contributed by atoms with Gasteiger partial charge in [-0.2, -0.15) is 0 Å². The number of carbonyl (C=O) groups is 1. The van der Waals surface area contributed by atoms with Crippen molar-refractivity contribution < 1.29 is 18.7 Å². The van der Waals surface area contributed by atoms with Gasteiger partial charge in [-0.05, 0) is 42.7 Å². The number of hydrogen-bond donors (Lipinski definition) is 2. The van der Waals surface area contributed by atoms with E-state index in [4.69, 9.17) is 5.11 Å². The molecule has 2 rings (SSSR count). The average Bonchev–Trinajstić information content (AvgIpc) is 2.44. The van der Waals surface area contributed by atoms with Gasteiger partial charge in [-0.15, -0.1) is 0 Å². The van der Waals surface area contributed by atoms with Gasteiger partial charge in [0.1, 0.15) is 11.6 Å². The highest BCUT2D eigenvalue weighted by Gasteiger charge is 2.09. The van der Waals surface area contributed by atoms with E-state index in [1.807, 2.05) is 6.07 Å². The van der Waals surface area contributed by atoms with Crippen LogP contribution in [0.3, 0.4) is 0 Å². The molecule has 0 atom stereocenters. The van der Waals surface area contributed by atoms with Crippen molar-refractivity contribution in [2.75, 3.05) is 11.9 Å². The second-order valence-corrected chi connectivity index (χ2v) is 4.64. The van der Waals surface area contributed by atoms with Crippen molar-refractivity contribution in [1.82, 2.24) is 0 Å². The topological polar surface area (TPSA) is 49.3 Å². The molecule has 0 saturated carbocycles. The van der Waals surface area contributed by atoms with Crippen molar-refractivity contribution in [1.29, 1.82) is 0 Å². The maximum absolute atomic E-state index is 13.1. The van der Waals surface area contributed by atoms with E-state index in [2.05, 4.69) is 5.32 Å². The van der Waals surface area contributed by atoms with E-state index in [0.717, 1.165) is 17.7 Å². The Kier molecular flexibility index (Phi) is 5.00. The number of hydrogen-bond acceptors (Lipinski definition) is 2. The zero-order valence-corrected chi connectivity index (χ0v) is 11.3. The Balaban J connectivity index is 2.11. The number of rotatable bonds is 5. The molecule has 3 nitrogen and oxygen atoms in total. The van der Waals surface area contributed by atoms with Crippen molar-refractivity contribution in [3.63, 3.8) is 0 Å². The Bertz CT molecular complexity index is 624. The van der Waals surface area contributed by atoms with Gasteiger partial charge < -0.3 is 10.4 Å². The molecule has 0 spiro atoms. The molecule has 2 N–H and O–H groups in total. The van der Waals surface area contributed by atoms with Crippen LogP contribution in [0.25, 0.3) is 0 Å². The summed E-state index contributed by atoms with van der Waals surface area (Å²) in [7, 11) is 0. The third-order valence-electron chi connectivity index (χ3n) is 2.93. The minimum absolute atomic E-state index is 0.0757. The monoisotopic (exact) mass is 291 g/mol. The molecule has 1 amide bonds. The molecule has 5 heteroatoms. The molecule has 0 aliphatic carbocycles. The molecule has 0 aliphatic rings. The fraction of sp³-hybridized carbons (Fsp3) is 0.188. The van der Waals surface area contributed by atoms with Gasteiger partial charge in [-0.25, -0.2) is 8.78 Å². The molecule has 0 unspecified atom stereocenters. The second-order valence-electron chi connectivity index (χ2n) is 4.64. The first-order valence-electron chi connectivity index (χ1n) is 6.56. The highest BCUT2D eigenvalue weighted by molar-refractivity contribution is 6.04. The van der Waals surface area contributed by atoms with Crippen LogP contribution in [-0.4, -0.2) is 17.6 Å². The molecular formula is C16H15F2NO2. The normalized spacial score (nSPS) is 10.4. The maximum Gasteiger partial charge on any atom is 0.255 e. The van der Waals surface area contributed by atoms with Gasteiger partial charge in [0.25, 0.3) is 5.91 Å². The van der Waals surface area contributed by atoms with Gasteiger partial charge in [-0.3, -0.25) is 4.79 Å². The van der Waals surface area contributed by atoms with Gasteiger partial charge in [0.05, 0.1) is 0 Å². The third-order valence-corrected chi connectivity index (χ3v) is 2.93. The number of nitrogens with one attached hydrogen (secondary N) is 1. The van der Waals surface area contributed by atoms with E-state index in [0.29, 0.717) is 24.6 Å². The van der Waals surface area contributed by atoms with Crippen molar-refractivity contribution in [3.05, 3.63) is 65.2 Å². The summed E-state index contributed by atoms with van der Waals surface area (Å²) in [6.07, 6.45) is 1.32. The molecule has 0 radical (unpaired) electrons. The summed E-state index contributed by atoms with van der Waals surface area (Å²) in [5, 5.41) is 11.4. The largest absolute Gasteiger partial charge is 0.396 e. The molecule has 0 fully saturated rings. The first-order chi connectivity index (χ1) is 10.1. The summed E-state index contributed by atoms with van der Waals surface area (Å²) < 4.78 is 26.2. The number of benzene rings is 2. The van der Waals surface area contributed by atoms with Gasteiger partial charge in [-0.1, -0.05) is 12.1 Å². The van der Waals surface area contributed by atoms with Gasteiger partial charge in [0, 0.05) is 23.9 Å². The van der Waals surface area contributed by atoms with Crippen LogP contribution >= 0.6 is 0 Å². The summed E-state index contributed by atoms with van der Waals surface area (Å²) in [5.41, 5.74) is 1.43. The lowest BCUT2D eigenvalue weighted by atomic mass is 10.1. The number of amides is 1. The zero-order valence-electron chi connectivity index (χ0n) is 11.3. The van der Waals surface area contributed by atoms with Gasteiger partial charge >= 0.3 is 0 Å². The first-order valence-corrected chi connectivity index (χ1v) is 6.56. The smallest absolute Gasteiger partial charge is 0.255 e. The predicted molar refractivity (Wildman–Crippen MR) is 76.2 cm³/mol. The third kappa shape index (κ3) is 4.36. The minimum atomic E-state index is -0.795. The fourth-order valence-electron chi connectivity index (χ4n) is 1.98. The van der Waals surface area contributed by atoms with Crippen LogP contribution in [0.15, 0.2) is 42.5 Å². The Morgan fingerprint density at radius 1 is 1.10 bits per heavy atom. The lowest BCUT2D eigenvalue weighted by molar-refractivity contribution is 0.102. The molecule has 0 aromatic heterocycles. The lowest BCUT2D eigenvalue weighted by Gasteiger charge is -2.07. The highest BCUT2D eigenvalue weighted by Crippen LogP contribution is 2.15. The summed E-state index contributed by atoms with van der Waals surface area (Å²) >= 11 is 0. The standard InChI is InChI=1S/C16H15F2NO2/c17-13-8-12(9-14(18)10-13)16(21)19-15-5-1-3-11(7-15)4-2-6-20/h1,3,5,7-10,20H,2,4,6H2,(H,19,21). The van der Waals surface area contributed by atoms with E-state index in [1.165, 1.54) is 0 Å². The van der Waals surface area contributed by atoms with Crippen LogP contribution < -0.4 is 5.32 Å². The Morgan fingerprint density at radius 3 is 2.48 bits per heavy atom. The quantitative estimate of drug-likeness (QED) is 0.889. The maximum atomic E-state index is 13.1. The number of aliphatic hydroxyl groups is 1. The zero-order chi connectivity index (χ0) is 15.2. The molecule has 0 bridgehead atoms. The van der Waals surface area contributed by atoms with Crippen LogP contribution in [0, 0.1) is 11.6 Å². The molecule has 2 aromatic carbocycles. The fourth-order valence-corrected chi connectivity index (χ4v) is 1.98. The number of halogens is 2. The van der Waals surface area contributed by atoms with Crippen LogP contribution in [0.4, 0.5) is 14.5 Å². The van der Waals surface area contributed by atoms with E-state index >= 15 is 0 Å². The van der Waals surface area contributed by atoms with Crippen LogP contribution in [0.5, 0.6) is 0 Å². The van der Waals surface area contributed by atoms with Crippen LogP contribution in [0.1, 0.15) is 22.3 Å². The molecular weight excluding hydrogens is 276 g/mol. The summed E-state index contributed by atoms with van der Waals surface area (Å²) in [6.45, 7) is 0.0964. The van der Waals surface area contributed by atoms with Crippen molar-refractivity contribution in [2.45, 2.75) is 12.8 Å². The molecule has 0 heterocycles. The highest BCUT2D eigenvalue weighted by atomic mass is 19.1. The van der Waals surface area contributed by atoms with Crippen LogP contribution in [0.2, 0.25) is 0 Å². The molecule has 110 valence electrons. The average molecular weight is 291 g/mol. The van der Waals surface area contributed by atoms with Crippen molar-refractivity contribution in [2.24, 2.45) is 0 Å². The first kappa shape index (κ1) is 15.1. The number of aliphatic hydroxyl groups excluding tert-OH is 1. The van der Waals surface area contributed by atoms with E-state index in [1.54, 1.807) is 18.2 Å². The van der Waals surface area contributed by atoms with Crippen molar-refractivity contribution in [3.8, 4) is 0 Å². The number of anilines is 1. The predicted octanol–water partition coefficient (Wildman–Crippen LogP) is 3.14. The van der Waals surface area contributed by atoms with E-state index in [-0.39, 0.29) is 12.2 Å². The second kappa shape index (κ2) is 6.95. The molecule has 0 aliphatic heterocycles. The molecule has 2 aromatic rings. The minimum Gasteiger partial charge on any atom is -0.396 e. The van der Waals surface area contributed by atoms with E-state index < -0.39 is 17.5 Å². The Morgan fingerprint density at radius 2 is 1.81 bits per heavy atom. The van der Waals surface area contributed by atoms with E-state index in [9.17, 15) is 13.6 Å². The van der Waals surface area contributed by atoms with Crippen LogP contribution in [-0.2, 0) is 6.42 Å². The Labute approximate surface area is 121 Å². The lowest BCUT2D eigenvalue weighted by Crippen LogP contribution is -2.12. The summed E-state index contributed by atoms with van der Waals surface area (Å²) in [4.78, 5) is 12.0. The number of carbonyl (C=O) groups excluding carboxylic acids is 1. The van der Waals surface area contributed by atoms with Gasteiger partial charge in [0.2, 0.25) is 0 Å². The Hall–Kier alpha value is -2.27.